The quantitative estimate of drug-likeness (QED) is 0.663. The molecule has 14 heavy (non-hydrogen) atoms. The highest BCUT2D eigenvalue weighted by molar-refractivity contribution is 9.10. The van der Waals surface area contributed by atoms with E-state index < -0.39 is 11.7 Å². The first-order valence-corrected chi connectivity index (χ1v) is 4.94. The second-order valence-corrected chi connectivity index (χ2v) is 4.23. The molecule has 1 aromatic rings. The number of carbonyl (C=O) groups is 2. The van der Waals surface area contributed by atoms with Gasteiger partial charge in [-0.15, -0.1) is 0 Å². The zero-order chi connectivity index (χ0) is 10.5. The minimum atomic E-state index is -0.457. The number of benzene rings is 1. The van der Waals surface area contributed by atoms with E-state index in [1.54, 1.807) is 13.1 Å². The lowest BCUT2D eigenvalue weighted by molar-refractivity contribution is -0.114. The van der Waals surface area contributed by atoms with E-state index in [2.05, 4.69) is 15.9 Å². The molecule has 0 unspecified atom stereocenters. The fourth-order valence-corrected chi connectivity index (χ4v) is 2.30. The maximum absolute atomic E-state index is 11.5. The highest BCUT2D eigenvalue weighted by atomic mass is 79.9. The van der Waals surface area contributed by atoms with Crippen molar-refractivity contribution in [2.45, 2.75) is 6.92 Å². The summed E-state index contributed by atoms with van der Waals surface area (Å²) in [6.07, 6.45) is 0. The molecule has 0 N–H and O–H groups in total. The van der Waals surface area contributed by atoms with Crippen LogP contribution in [0.25, 0.3) is 0 Å². The van der Waals surface area contributed by atoms with Crippen LogP contribution in [0.2, 0.25) is 0 Å². The summed E-state index contributed by atoms with van der Waals surface area (Å²) in [5.74, 6) is -0.881. The maximum atomic E-state index is 11.5. The van der Waals surface area contributed by atoms with Gasteiger partial charge in [0.15, 0.2) is 0 Å². The van der Waals surface area contributed by atoms with Crippen LogP contribution in [0.5, 0.6) is 0 Å². The number of anilines is 1. The van der Waals surface area contributed by atoms with Crippen LogP contribution in [-0.2, 0) is 4.79 Å². The molecular formula is C10H8BrNO2. The van der Waals surface area contributed by atoms with E-state index in [-0.39, 0.29) is 0 Å². The lowest BCUT2D eigenvalue weighted by Crippen LogP contribution is -2.25. The first kappa shape index (κ1) is 9.40. The van der Waals surface area contributed by atoms with Crippen LogP contribution in [-0.4, -0.2) is 18.7 Å². The zero-order valence-corrected chi connectivity index (χ0v) is 9.38. The number of amides is 1. The summed E-state index contributed by atoms with van der Waals surface area (Å²) in [6, 6.07) is 3.58. The SMILES string of the molecule is Cc1cc(Br)cc2c1N(C)C(=O)C2=O. The Balaban J connectivity index is 2.75. The smallest absolute Gasteiger partial charge is 0.299 e. The number of hydrogen-bond donors (Lipinski definition) is 0. The normalized spacial score (nSPS) is 14.9. The third-order valence-electron chi connectivity index (χ3n) is 2.34. The van der Waals surface area contributed by atoms with Crippen molar-refractivity contribution >= 4 is 33.3 Å². The number of nitrogens with zero attached hydrogens (tertiary/aromatic N) is 1. The number of hydrogen-bond acceptors (Lipinski definition) is 2. The van der Waals surface area contributed by atoms with Gasteiger partial charge in [-0.3, -0.25) is 9.59 Å². The summed E-state index contributed by atoms with van der Waals surface area (Å²) in [7, 11) is 1.62. The molecule has 1 heterocycles. The number of carbonyl (C=O) groups excluding carboxylic acids is 2. The van der Waals surface area contributed by atoms with Crippen molar-refractivity contribution in [3.05, 3.63) is 27.7 Å². The largest absolute Gasteiger partial charge is 0.308 e. The highest BCUT2D eigenvalue weighted by Crippen LogP contribution is 2.33. The number of Topliss-reactive ketones (excluding diaryl/α,β-unsaturated/α-hetero) is 1. The molecule has 0 aliphatic carbocycles. The Labute approximate surface area is 89.8 Å². The predicted molar refractivity (Wildman–Crippen MR) is 56.6 cm³/mol. The predicted octanol–water partition coefficient (Wildman–Crippen LogP) is 1.92. The lowest BCUT2D eigenvalue weighted by atomic mass is 10.1. The molecule has 1 aliphatic heterocycles. The number of ketones is 1. The number of likely N-dealkylation sites (N-methyl/N-ethyl adjacent to an activating group) is 1. The standard InChI is InChI=1S/C10H8BrNO2/c1-5-3-6(11)4-7-8(5)12(2)10(14)9(7)13/h3-4H,1-2H3. The molecule has 0 saturated carbocycles. The van der Waals surface area contributed by atoms with Gasteiger partial charge in [0.05, 0.1) is 11.3 Å². The van der Waals surface area contributed by atoms with E-state index in [1.807, 2.05) is 13.0 Å². The molecule has 0 atom stereocenters. The van der Waals surface area contributed by atoms with E-state index in [0.717, 1.165) is 15.7 Å². The number of rotatable bonds is 0. The van der Waals surface area contributed by atoms with Gasteiger partial charge < -0.3 is 4.90 Å². The summed E-state index contributed by atoms with van der Waals surface area (Å²) >= 11 is 3.30. The second-order valence-electron chi connectivity index (χ2n) is 3.31. The topological polar surface area (TPSA) is 37.4 Å². The van der Waals surface area contributed by atoms with Crippen molar-refractivity contribution in [3.63, 3.8) is 0 Å². The summed E-state index contributed by atoms with van der Waals surface area (Å²) in [6.45, 7) is 1.88. The van der Waals surface area contributed by atoms with Crippen molar-refractivity contribution in [3.8, 4) is 0 Å². The molecule has 72 valence electrons. The highest BCUT2D eigenvalue weighted by Gasteiger charge is 2.34. The molecule has 0 aromatic heterocycles. The average molecular weight is 254 g/mol. The van der Waals surface area contributed by atoms with E-state index in [0.29, 0.717) is 5.56 Å². The minimum Gasteiger partial charge on any atom is -0.308 e. The molecular weight excluding hydrogens is 246 g/mol. The Morgan fingerprint density at radius 3 is 2.57 bits per heavy atom. The monoisotopic (exact) mass is 253 g/mol. The van der Waals surface area contributed by atoms with Gasteiger partial charge in [0.1, 0.15) is 0 Å². The van der Waals surface area contributed by atoms with Crippen molar-refractivity contribution in [2.75, 3.05) is 11.9 Å². The molecule has 0 saturated heterocycles. The third kappa shape index (κ3) is 1.10. The van der Waals surface area contributed by atoms with Gasteiger partial charge in [-0.05, 0) is 24.6 Å². The Kier molecular flexibility index (Phi) is 1.96. The summed E-state index contributed by atoms with van der Waals surface area (Å²) < 4.78 is 0.824. The zero-order valence-electron chi connectivity index (χ0n) is 7.80. The van der Waals surface area contributed by atoms with Gasteiger partial charge in [-0.25, -0.2) is 0 Å². The third-order valence-corrected chi connectivity index (χ3v) is 2.80. The molecule has 0 radical (unpaired) electrons. The van der Waals surface area contributed by atoms with Crippen LogP contribution >= 0.6 is 15.9 Å². The Morgan fingerprint density at radius 2 is 1.93 bits per heavy atom. The van der Waals surface area contributed by atoms with Gasteiger partial charge in [-0.1, -0.05) is 15.9 Å². The van der Waals surface area contributed by atoms with E-state index in [4.69, 9.17) is 0 Å². The molecule has 0 bridgehead atoms. The van der Waals surface area contributed by atoms with Gasteiger partial charge in [0.2, 0.25) is 0 Å². The summed E-state index contributed by atoms with van der Waals surface area (Å²) in [4.78, 5) is 24.3. The Morgan fingerprint density at radius 1 is 1.29 bits per heavy atom. The van der Waals surface area contributed by atoms with Crippen molar-refractivity contribution in [1.29, 1.82) is 0 Å². The van der Waals surface area contributed by atoms with Crippen molar-refractivity contribution < 1.29 is 9.59 Å². The fourth-order valence-electron chi connectivity index (χ4n) is 1.72. The van der Waals surface area contributed by atoms with E-state index >= 15 is 0 Å². The first-order chi connectivity index (χ1) is 6.52. The van der Waals surface area contributed by atoms with Crippen molar-refractivity contribution in [1.82, 2.24) is 0 Å². The number of aryl methyl sites for hydroxylation is 1. The summed E-state index contributed by atoms with van der Waals surface area (Å²) in [5.41, 5.74) is 2.14. The molecule has 1 aliphatic rings. The minimum absolute atomic E-state index is 0.424. The van der Waals surface area contributed by atoms with Crippen LogP contribution in [0.3, 0.4) is 0 Å². The second kappa shape index (κ2) is 2.92. The van der Waals surface area contributed by atoms with Crippen LogP contribution in [0.1, 0.15) is 15.9 Å². The van der Waals surface area contributed by atoms with Gasteiger partial charge in [0.25, 0.3) is 11.7 Å². The Hall–Kier alpha value is -1.16. The van der Waals surface area contributed by atoms with Gasteiger partial charge in [-0.2, -0.15) is 0 Å². The molecule has 1 aromatic carbocycles. The molecule has 0 fully saturated rings. The number of fused-ring (bicyclic) bond motifs is 1. The molecule has 1 amide bonds. The van der Waals surface area contributed by atoms with E-state index in [9.17, 15) is 9.59 Å². The molecule has 4 heteroatoms. The number of halogens is 1. The van der Waals surface area contributed by atoms with Crippen LogP contribution in [0.4, 0.5) is 5.69 Å². The molecule has 3 nitrogen and oxygen atoms in total. The summed E-state index contributed by atoms with van der Waals surface area (Å²) in [5, 5.41) is 0. The lowest BCUT2D eigenvalue weighted by Gasteiger charge is -2.11. The van der Waals surface area contributed by atoms with Gasteiger partial charge in [0, 0.05) is 11.5 Å². The maximum Gasteiger partial charge on any atom is 0.299 e. The average Bonchev–Trinajstić information content (AvgIpc) is 2.31. The Bertz CT molecular complexity index is 454. The molecule has 2 rings (SSSR count). The first-order valence-electron chi connectivity index (χ1n) is 4.15. The van der Waals surface area contributed by atoms with Crippen molar-refractivity contribution in [2.24, 2.45) is 0 Å². The van der Waals surface area contributed by atoms with E-state index in [1.165, 1.54) is 4.90 Å². The van der Waals surface area contributed by atoms with Crippen LogP contribution in [0, 0.1) is 6.92 Å². The fraction of sp³-hybridized carbons (Fsp3) is 0.200. The van der Waals surface area contributed by atoms with Crippen LogP contribution in [0.15, 0.2) is 16.6 Å². The molecule has 0 spiro atoms. The van der Waals surface area contributed by atoms with Gasteiger partial charge >= 0.3 is 0 Å². The van der Waals surface area contributed by atoms with Crippen LogP contribution < -0.4 is 4.90 Å².